The van der Waals surface area contributed by atoms with E-state index in [4.69, 9.17) is 0 Å². The maximum Gasteiger partial charge on any atom is 0.262 e. The summed E-state index contributed by atoms with van der Waals surface area (Å²) in [6.07, 6.45) is 1.49. The molecule has 0 radical (unpaired) electrons. The molecule has 0 aliphatic rings. The molecule has 4 rings (SSSR count). The van der Waals surface area contributed by atoms with Crippen LogP contribution in [0.5, 0.6) is 0 Å². The highest BCUT2D eigenvalue weighted by Gasteiger charge is 2.11. The first-order valence-electron chi connectivity index (χ1n) is 9.57. The Balaban J connectivity index is 1.46. The molecule has 2 aromatic carbocycles. The van der Waals surface area contributed by atoms with Gasteiger partial charge in [-0.2, -0.15) is 0 Å². The average molecular weight is 404 g/mol. The topological polar surface area (TPSA) is 111 Å². The molecule has 2 N–H and O–H groups in total. The van der Waals surface area contributed by atoms with Gasteiger partial charge in [0.25, 0.3) is 11.1 Å². The summed E-state index contributed by atoms with van der Waals surface area (Å²) in [5.74, 6) is -0.0980. The van der Waals surface area contributed by atoms with Crippen molar-refractivity contribution in [3.8, 4) is 0 Å². The molecule has 0 fully saturated rings. The zero-order valence-corrected chi connectivity index (χ0v) is 16.3. The predicted molar refractivity (Wildman–Crippen MR) is 114 cm³/mol. The molecule has 0 aliphatic carbocycles. The van der Waals surface area contributed by atoms with Gasteiger partial charge in [0.05, 0.1) is 28.1 Å². The smallest absolute Gasteiger partial charge is 0.262 e. The van der Waals surface area contributed by atoms with Crippen molar-refractivity contribution < 1.29 is 4.79 Å². The Kier molecular flexibility index (Phi) is 5.25. The molecule has 2 heterocycles. The van der Waals surface area contributed by atoms with Crippen LogP contribution in [0.15, 0.2) is 64.4 Å². The summed E-state index contributed by atoms with van der Waals surface area (Å²) in [5.41, 5.74) is 6.04. The summed E-state index contributed by atoms with van der Waals surface area (Å²) in [4.78, 5) is 46.0. The summed E-state index contributed by atoms with van der Waals surface area (Å²) >= 11 is 0. The molecular formula is C21H20N6O3. The standard InChI is InChI=1S/C21H20N6O3/c1-2-27-20(30)15-8-4-6-10-17(15)23-21(27)25-24-18(28)11-12-26-13-22-16-9-5-3-7-14(16)19(26)29/h3-10,13H,2,11-12H2,1H3,(H,23,25)(H,24,28). The number of hydrazine groups is 1. The van der Waals surface area contributed by atoms with E-state index in [1.807, 2.05) is 13.0 Å². The van der Waals surface area contributed by atoms with Gasteiger partial charge < -0.3 is 0 Å². The number of nitrogens with zero attached hydrogens (tertiary/aromatic N) is 4. The molecule has 2 aromatic heterocycles. The first-order chi connectivity index (χ1) is 14.6. The van der Waals surface area contributed by atoms with Gasteiger partial charge >= 0.3 is 0 Å². The van der Waals surface area contributed by atoms with Crippen LogP contribution in [0.25, 0.3) is 21.8 Å². The molecule has 0 atom stereocenters. The number of para-hydroxylation sites is 2. The van der Waals surface area contributed by atoms with Gasteiger partial charge in [0.2, 0.25) is 11.9 Å². The highest BCUT2D eigenvalue weighted by atomic mass is 16.2. The van der Waals surface area contributed by atoms with Crippen molar-refractivity contribution in [3.63, 3.8) is 0 Å². The molecule has 0 spiro atoms. The average Bonchev–Trinajstić information content (AvgIpc) is 2.77. The molecule has 0 aliphatic heterocycles. The summed E-state index contributed by atoms with van der Waals surface area (Å²) < 4.78 is 2.85. The zero-order valence-electron chi connectivity index (χ0n) is 16.3. The van der Waals surface area contributed by atoms with Crippen molar-refractivity contribution >= 4 is 33.7 Å². The second-order valence-corrected chi connectivity index (χ2v) is 6.69. The minimum absolute atomic E-state index is 0.0524. The molecular weight excluding hydrogens is 384 g/mol. The number of aryl methyl sites for hydroxylation is 1. The van der Waals surface area contributed by atoms with Gasteiger partial charge in [0, 0.05) is 19.5 Å². The van der Waals surface area contributed by atoms with Gasteiger partial charge in [-0.25, -0.2) is 9.97 Å². The summed E-state index contributed by atoms with van der Waals surface area (Å²) in [6.45, 7) is 2.40. The van der Waals surface area contributed by atoms with E-state index < -0.39 is 0 Å². The zero-order chi connectivity index (χ0) is 21.1. The Bertz CT molecular complexity index is 1360. The van der Waals surface area contributed by atoms with Gasteiger partial charge in [-0.05, 0) is 31.2 Å². The van der Waals surface area contributed by atoms with Gasteiger partial charge in [0.15, 0.2) is 0 Å². The lowest BCUT2D eigenvalue weighted by Gasteiger charge is -2.14. The number of aromatic nitrogens is 4. The summed E-state index contributed by atoms with van der Waals surface area (Å²) in [7, 11) is 0. The second-order valence-electron chi connectivity index (χ2n) is 6.69. The van der Waals surface area contributed by atoms with Crippen LogP contribution < -0.4 is 22.0 Å². The lowest BCUT2D eigenvalue weighted by atomic mass is 10.2. The van der Waals surface area contributed by atoms with Crippen molar-refractivity contribution in [1.29, 1.82) is 0 Å². The van der Waals surface area contributed by atoms with Crippen molar-refractivity contribution in [2.75, 3.05) is 5.43 Å². The molecule has 4 aromatic rings. The monoisotopic (exact) mass is 404 g/mol. The van der Waals surface area contributed by atoms with Crippen molar-refractivity contribution in [2.24, 2.45) is 0 Å². The fourth-order valence-corrected chi connectivity index (χ4v) is 3.23. The third-order valence-electron chi connectivity index (χ3n) is 4.80. The first-order valence-corrected chi connectivity index (χ1v) is 9.57. The van der Waals surface area contributed by atoms with Crippen LogP contribution in [-0.2, 0) is 17.9 Å². The number of fused-ring (bicyclic) bond motifs is 2. The molecule has 0 saturated heterocycles. The fourth-order valence-electron chi connectivity index (χ4n) is 3.23. The van der Waals surface area contributed by atoms with Crippen LogP contribution >= 0.6 is 0 Å². The van der Waals surface area contributed by atoms with Crippen LogP contribution in [-0.4, -0.2) is 25.0 Å². The largest absolute Gasteiger partial charge is 0.298 e. The van der Waals surface area contributed by atoms with Crippen LogP contribution in [0.1, 0.15) is 13.3 Å². The molecule has 1 amide bonds. The van der Waals surface area contributed by atoms with Crippen molar-refractivity contribution in [2.45, 2.75) is 26.4 Å². The van der Waals surface area contributed by atoms with Gasteiger partial charge in [-0.3, -0.25) is 34.4 Å². The van der Waals surface area contributed by atoms with Crippen molar-refractivity contribution in [1.82, 2.24) is 24.5 Å². The highest BCUT2D eigenvalue weighted by molar-refractivity contribution is 5.80. The Labute approximate surface area is 171 Å². The lowest BCUT2D eigenvalue weighted by molar-refractivity contribution is -0.120. The Hall–Kier alpha value is -4.01. The van der Waals surface area contributed by atoms with Crippen LogP contribution in [0.4, 0.5) is 5.95 Å². The number of nitrogens with one attached hydrogen (secondary N) is 2. The third-order valence-corrected chi connectivity index (χ3v) is 4.80. The number of rotatable bonds is 6. The van der Waals surface area contributed by atoms with Gasteiger partial charge in [-0.15, -0.1) is 0 Å². The van der Waals surface area contributed by atoms with E-state index >= 15 is 0 Å². The van der Waals surface area contributed by atoms with Crippen LogP contribution in [0.2, 0.25) is 0 Å². The molecule has 0 unspecified atom stereocenters. The fraction of sp³-hybridized carbons (Fsp3) is 0.190. The van der Waals surface area contributed by atoms with Crippen LogP contribution in [0, 0.1) is 0 Å². The Morgan fingerprint density at radius 1 is 0.967 bits per heavy atom. The minimum Gasteiger partial charge on any atom is -0.298 e. The number of carbonyl (C=O) groups is 1. The first kappa shape index (κ1) is 19.3. The number of benzene rings is 2. The van der Waals surface area contributed by atoms with E-state index in [2.05, 4.69) is 20.8 Å². The van der Waals surface area contributed by atoms with Crippen molar-refractivity contribution in [3.05, 3.63) is 75.6 Å². The molecule has 0 bridgehead atoms. The van der Waals surface area contributed by atoms with Crippen LogP contribution in [0.3, 0.4) is 0 Å². The second kappa shape index (κ2) is 8.16. The SMILES string of the molecule is CCn1c(NNC(=O)CCn2cnc3ccccc3c2=O)nc2ccccc2c1=O. The Morgan fingerprint density at radius 3 is 2.37 bits per heavy atom. The maximum atomic E-state index is 12.6. The molecule has 9 heteroatoms. The minimum atomic E-state index is -0.347. The number of hydrogen-bond donors (Lipinski definition) is 2. The van der Waals surface area contributed by atoms with E-state index in [0.29, 0.717) is 28.4 Å². The van der Waals surface area contributed by atoms with Gasteiger partial charge in [0.1, 0.15) is 0 Å². The number of carbonyl (C=O) groups excluding carboxylic acids is 1. The number of amides is 1. The number of anilines is 1. The highest BCUT2D eigenvalue weighted by Crippen LogP contribution is 2.10. The van der Waals surface area contributed by atoms with E-state index in [1.165, 1.54) is 15.5 Å². The normalized spacial score (nSPS) is 11.0. The molecule has 9 nitrogen and oxygen atoms in total. The number of hydrogen-bond acceptors (Lipinski definition) is 6. The van der Waals surface area contributed by atoms with Gasteiger partial charge in [-0.1, -0.05) is 24.3 Å². The van der Waals surface area contributed by atoms with E-state index in [1.54, 1.807) is 42.5 Å². The predicted octanol–water partition coefficient (Wildman–Crippen LogP) is 1.66. The summed E-state index contributed by atoms with van der Waals surface area (Å²) in [5, 5.41) is 1.02. The maximum absolute atomic E-state index is 12.6. The van der Waals surface area contributed by atoms with E-state index in [9.17, 15) is 14.4 Å². The molecule has 152 valence electrons. The lowest BCUT2D eigenvalue weighted by Crippen LogP contribution is -2.35. The third kappa shape index (κ3) is 3.64. The quantitative estimate of drug-likeness (QED) is 0.473. The molecule has 30 heavy (non-hydrogen) atoms. The van der Waals surface area contributed by atoms with E-state index in [-0.39, 0.29) is 35.9 Å². The van der Waals surface area contributed by atoms with E-state index in [0.717, 1.165) is 0 Å². The Morgan fingerprint density at radius 2 is 1.63 bits per heavy atom. The molecule has 0 saturated carbocycles. The summed E-state index contributed by atoms with van der Waals surface area (Å²) in [6, 6.07) is 14.1.